The summed E-state index contributed by atoms with van der Waals surface area (Å²) < 4.78 is 0. The summed E-state index contributed by atoms with van der Waals surface area (Å²) in [4.78, 5) is 5.49. The van der Waals surface area contributed by atoms with Crippen molar-refractivity contribution in [1.82, 2.24) is 4.98 Å². The van der Waals surface area contributed by atoms with Gasteiger partial charge in [0.15, 0.2) is 0 Å². The molecule has 0 saturated carbocycles. The van der Waals surface area contributed by atoms with Crippen LogP contribution in [-0.4, -0.2) is 10.1 Å². The maximum atomic E-state index is 10.5. The van der Waals surface area contributed by atoms with Crippen LogP contribution in [0.15, 0.2) is 48.0 Å². The fraction of sp³-hybridized carbons (Fsp3) is 0.133. The minimum absolute atomic E-state index is 0.651. The van der Waals surface area contributed by atoms with E-state index >= 15 is 0 Å². The highest BCUT2D eigenvalue weighted by Crippen LogP contribution is 2.30. The van der Waals surface area contributed by atoms with Crippen LogP contribution in [0.3, 0.4) is 0 Å². The van der Waals surface area contributed by atoms with Crippen molar-refractivity contribution >= 4 is 22.1 Å². The lowest BCUT2D eigenvalue weighted by Crippen LogP contribution is -2.03. The van der Waals surface area contributed by atoms with Crippen LogP contribution >= 0.6 is 11.3 Å². The summed E-state index contributed by atoms with van der Waals surface area (Å²) in [6, 6.07) is 11.9. The highest BCUT2D eigenvalue weighted by atomic mass is 32.1. The van der Waals surface area contributed by atoms with Crippen molar-refractivity contribution in [2.45, 2.75) is 13.0 Å². The molecule has 90 valence electrons. The Morgan fingerprint density at radius 2 is 2.00 bits per heavy atom. The molecule has 18 heavy (non-hydrogen) atoms. The van der Waals surface area contributed by atoms with Gasteiger partial charge in [0.1, 0.15) is 6.10 Å². The molecule has 1 N–H and O–H groups in total. The van der Waals surface area contributed by atoms with Crippen LogP contribution in [0.4, 0.5) is 0 Å². The summed E-state index contributed by atoms with van der Waals surface area (Å²) in [6.45, 7) is 2.02. The van der Waals surface area contributed by atoms with Gasteiger partial charge in [-0.25, -0.2) is 0 Å². The Balaban J connectivity index is 2.18. The quantitative estimate of drug-likeness (QED) is 0.757. The van der Waals surface area contributed by atoms with Crippen molar-refractivity contribution in [1.29, 1.82) is 0 Å². The number of pyridine rings is 1. The number of nitrogens with zero attached hydrogens (tertiary/aromatic N) is 1. The van der Waals surface area contributed by atoms with E-state index in [0.29, 0.717) is 0 Å². The molecule has 1 aromatic carbocycles. The van der Waals surface area contributed by atoms with Crippen molar-refractivity contribution in [3.05, 3.63) is 64.1 Å². The van der Waals surface area contributed by atoms with Crippen molar-refractivity contribution in [2.75, 3.05) is 0 Å². The van der Waals surface area contributed by atoms with Gasteiger partial charge in [0.2, 0.25) is 0 Å². The third-order valence-electron chi connectivity index (χ3n) is 3.16. The molecule has 0 radical (unpaired) electrons. The first kappa shape index (κ1) is 11.4. The van der Waals surface area contributed by atoms with Gasteiger partial charge in [0, 0.05) is 22.0 Å². The molecule has 2 aromatic heterocycles. The molecule has 0 bridgehead atoms. The lowest BCUT2D eigenvalue weighted by molar-refractivity contribution is 0.217. The van der Waals surface area contributed by atoms with Gasteiger partial charge < -0.3 is 5.11 Å². The minimum Gasteiger partial charge on any atom is -0.382 e. The number of aliphatic hydroxyl groups excluding tert-OH is 1. The molecule has 0 fully saturated rings. The molecule has 0 aliphatic carbocycles. The van der Waals surface area contributed by atoms with Crippen LogP contribution < -0.4 is 0 Å². The van der Waals surface area contributed by atoms with Crippen molar-refractivity contribution in [3.8, 4) is 0 Å². The van der Waals surface area contributed by atoms with Crippen LogP contribution in [0.2, 0.25) is 0 Å². The number of rotatable bonds is 2. The van der Waals surface area contributed by atoms with Crippen LogP contribution in [0.5, 0.6) is 0 Å². The number of aryl methyl sites for hydroxylation is 1. The molecule has 0 spiro atoms. The van der Waals surface area contributed by atoms with E-state index < -0.39 is 6.10 Å². The second-order valence-electron chi connectivity index (χ2n) is 4.25. The molecule has 0 aliphatic rings. The van der Waals surface area contributed by atoms with E-state index in [1.807, 2.05) is 48.7 Å². The van der Waals surface area contributed by atoms with Gasteiger partial charge in [-0.05, 0) is 29.8 Å². The third-order valence-corrected chi connectivity index (χ3v) is 4.02. The van der Waals surface area contributed by atoms with Gasteiger partial charge in [-0.3, -0.25) is 4.98 Å². The molecule has 1 unspecified atom stereocenters. The predicted molar refractivity (Wildman–Crippen MR) is 74.9 cm³/mol. The largest absolute Gasteiger partial charge is 0.382 e. The molecule has 0 aliphatic heterocycles. The van der Waals surface area contributed by atoms with Crippen molar-refractivity contribution < 1.29 is 5.11 Å². The second-order valence-corrected chi connectivity index (χ2v) is 5.37. The van der Waals surface area contributed by atoms with Crippen LogP contribution in [0, 0.1) is 6.92 Å². The van der Waals surface area contributed by atoms with E-state index in [0.717, 1.165) is 26.9 Å². The Labute approximate surface area is 110 Å². The molecular formula is C15H13NOS. The van der Waals surface area contributed by atoms with E-state index in [-0.39, 0.29) is 0 Å². The molecule has 3 aromatic rings. The smallest absolute Gasteiger partial charge is 0.123 e. The number of hydrogen-bond acceptors (Lipinski definition) is 3. The van der Waals surface area contributed by atoms with Gasteiger partial charge >= 0.3 is 0 Å². The number of aromatic nitrogens is 1. The fourth-order valence-electron chi connectivity index (χ4n) is 2.19. The predicted octanol–water partition coefficient (Wildman–Crippen LogP) is 3.69. The van der Waals surface area contributed by atoms with E-state index in [9.17, 15) is 5.11 Å². The van der Waals surface area contributed by atoms with Crippen molar-refractivity contribution in [2.24, 2.45) is 0 Å². The zero-order valence-corrected chi connectivity index (χ0v) is 10.8. The average Bonchev–Trinajstić information content (AvgIpc) is 2.83. The van der Waals surface area contributed by atoms with E-state index in [4.69, 9.17) is 0 Å². The molecule has 3 heteroatoms. The van der Waals surface area contributed by atoms with Crippen LogP contribution in [-0.2, 0) is 0 Å². The first-order valence-corrected chi connectivity index (χ1v) is 6.71. The molecule has 3 rings (SSSR count). The molecular weight excluding hydrogens is 242 g/mol. The van der Waals surface area contributed by atoms with Gasteiger partial charge in [0.25, 0.3) is 0 Å². The highest BCUT2D eigenvalue weighted by molar-refractivity contribution is 7.10. The summed E-state index contributed by atoms with van der Waals surface area (Å²) in [5.74, 6) is 0. The molecule has 2 heterocycles. The van der Waals surface area contributed by atoms with E-state index in [2.05, 4.69) is 4.98 Å². The lowest BCUT2D eigenvalue weighted by Gasteiger charge is -2.12. The van der Waals surface area contributed by atoms with Crippen LogP contribution in [0.1, 0.15) is 22.2 Å². The minimum atomic E-state index is -0.651. The Kier molecular flexibility index (Phi) is 2.86. The first-order valence-electron chi connectivity index (χ1n) is 5.83. The Morgan fingerprint density at radius 1 is 1.17 bits per heavy atom. The fourth-order valence-corrected chi connectivity index (χ4v) is 2.92. The molecule has 0 amide bonds. The number of fused-ring (bicyclic) bond motifs is 1. The summed E-state index contributed by atoms with van der Waals surface area (Å²) in [7, 11) is 0. The topological polar surface area (TPSA) is 33.1 Å². The second kappa shape index (κ2) is 4.52. The standard InChI is InChI=1S/C15H13NOS/c1-10-12(7-9-18-10)15(17)14-13-5-3-2-4-11(13)6-8-16-14/h2-9,15,17H,1H3. The Morgan fingerprint density at radius 3 is 2.78 bits per heavy atom. The summed E-state index contributed by atoms with van der Waals surface area (Å²) in [5.41, 5.74) is 1.68. The third kappa shape index (κ3) is 1.82. The SMILES string of the molecule is Cc1sccc1C(O)c1nccc2ccccc12. The first-order chi connectivity index (χ1) is 8.77. The van der Waals surface area contributed by atoms with E-state index in [1.165, 1.54) is 0 Å². The number of thiophene rings is 1. The monoisotopic (exact) mass is 255 g/mol. The maximum Gasteiger partial charge on any atom is 0.123 e. The lowest BCUT2D eigenvalue weighted by atomic mass is 10.0. The molecule has 2 nitrogen and oxygen atoms in total. The van der Waals surface area contributed by atoms with Gasteiger partial charge in [-0.2, -0.15) is 0 Å². The van der Waals surface area contributed by atoms with Gasteiger partial charge in [-0.15, -0.1) is 11.3 Å². The normalized spacial score (nSPS) is 12.8. The molecule has 0 saturated heterocycles. The Bertz CT molecular complexity index is 684. The highest BCUT2D eigenvalue weighted by Gasteiger charge is 2.17. The van der Waals surface area contributed by atoms with Crippen LogP contribution in [0.25, 0.3) is 10.8 Å². The zero-order chi connectivity index (χ0) is 12.5. The summed E-state index contributed by atoms with van der Waals surface area (Å²) in [5, 5.41) is 14.6. The maximum absolute atomic E-state index is 10.5. The number of benzene rings is 1. The Hall–Kier alpha value is -1.71. The summed E-state index contributed by atoms with van der Waals surface area (Å²) in [6.07, 6.45) is 1.10. The van der Waals surface area contributed by atoms with Gasteiger partial charge in [0.05, 0.1) is 5.69 Å². The number of aliphatic hydroxyl groups is 1. The zero-order valence-electron chi connectivity index (χ0n) is 10.00. The molecule has 1 atom stereocenters. The number of hydrogen-bond donors (Lipinski definition) is 1. The van der Waals surface area contributed by atoms with E-state index in [1.54, 1.807) is 17.5 Å². The average molecular weight is 255 g/mol. The van der Waals surface area contributed by atoms with Crippen molar-refractivity contribution in [3.63, 3.8) is 0 Å². The summed E-state index contributed by atoms with van der Waals surface area (Å²) >= 11 is 1.65. The van der Waals surface area contributed by atoms with Gasteiger partial charge in [-0.1, -0.05) is 24.3 Å².